The van der Waals surface area contributed by atoms with E-state index in [0.717, 1.165) is 25.2 Å². The summed E-state index contributed by atoms with van der Waals surface area (Å²) in [6.07, 6.45) is 2.62. The fourth-order valence-corrected chi connectivity index (χ4v) is 1.66. The summed E-state index contributed by atoms with van der Waals surface area (Å²) >= 11 is 0. The molecule has 0 unspecified atom stereocenters. The van der Waals surface area contributed by atoms with E-state index in [4.69, 9.17) is 5.73 Å². The molecule has 0 aliphatic carbocycles. The minimum atomic E-state index is 0.00213. The highest BCUT2D eigenvalue weighted by Crippen LogP contribution is 1.98. The third kappa shape index (κ3) is 2.48. The van der Waals surface area contributed by atoms with Gasteiger partial charge in [0.2, 0.25) is 0 Å². The number of amides is 2. The van der Waals surface area contributed by atoms with Crippen molar-refractivity contribution < 1.29 is 4.79 Å². The summed E-state index contributed by atoms with van der Waals surface area (Å²) < 4.78 is 1.75. The number of rotatable bonds is 5. The minimum Gasteiger partial charge on any atom is -0.336 e. The number of nitrogens with zero attached hydrogens (tertiary/aromatic N) is 4. The molecule has 1 aromatic rings. The van der Waals surface area contributed by atoms with Crippen molar-refractivity contribution in [3.8, 4) is 0 Å². The van der Waals surface area contributed by atoms with E-state index in [-0.39, 0.29) is 6.03 Å². The number of nitrogens with two attached hydrogens (primary N) is 1. The van der Waals surface area contributed by atoms with Gasteiger partial charge in [-0.1, -0.05) is 5.21 Å². The summed E-state index contributed by atoms with van der Waals surface area (Å²) in [4.78, 5) is 13.0. The Hall–Kier alpha value is -1.63. The normalized spacial score (nSPS) is 15.6. The molecule has 0 aromatic carbocycles. The van der Waals surface area contributed by atoms with Gasteiger partial charge in [0, 0.05) is 32.3 Å². The minimum absolute atomic E-state index is 0.00213. The summed E-state index contributed by atoms with van der Waals surface area (Å²) in [6.45, 7) is 3.41. The van der Waals surface area contributed by atoms with Crippen molar-refractivity contribution in [3.63, 3.8) is 0 Å². The molecule has 1 fully saturated rings. The molecule has 7 nitrogen and oxygen atoms in total. The highest BCUT2D eigenvalue weighted by atomic mass is 16.2. The van der Waals surface area contributed by atoms with Gasteiger partial charge in [-0.2, -0.15) is 0 Å². The molecule has 0 saturated carbocycles. The fraction of sp³-hybridized carbons (Fsp3) is 0.667. The molecule has 0 spiro atoms. The average Bonchev–Trinajstić information content (AvgIpc) is 2.86. The van der Waals surface area contributed by atoms with E-state index in [2.05, 4.69) is 15.6 Å². The van der Waals surface area contributed by atoms with Crippen LogP contribution in [0, 0.1) is 0 Å². The Kier molecular flexibility index (Phi) is 3.35. The Morgan fingerprint density at radius 3 is 3.06 bits per heavy atom. The number of hydrogen-bond donors (Lipinski definition) is 2. The first-order valence-corrected chi connectivity index (χ1v) is 5.41. The predicted molar refractivity (Wildman–Crippen MR) is 57.8 cm³/mol. The van der Waals surface area contributed by atoms with Crippen LogP contribution < -0.4 is 11.1 Å². The lowest BCUT2D eigenvalue weighted by Crippen LogP contribution is -2.31. The predicted octanol–water partition coefficient (Wildman–Crippen LogP) is -1.20. The molecule has 0 bridgehead atoms. The number of hydrogen-bond acceptors (Lipinski definition) is 4. The summed E-state index contributed by atoms with van der Waals surface area (Å²) in [7, 11) is 0. The zero-order chi connectivity index (χ0) is 11.4. The van der Waals surface area contributed by atoms with Gasteiger partial charge in [-0.3, -0.25) is 4.68 Å². The van der Waals surface area contributed by atoms with E-state index >= 15 is 0 Å². The van der Waals surface area contributed by atoms with Crippen LogP contribution in [-0.4, -0.2) is 52.1 Å². The molecule has 7 heteroatoms. The lowest BCUT2D eigenvalue weighted by molar-refractivity contribution is 0.215. The number of aromatic nitrogens is 3. The first-order chi connectivity index (χ1) is 7.79. The molecule has 0 radical (unpaired) electrons. The standard InChI is InChI=1S/C9H16N6O/c10-2-1-8-7-15(13-12-8)6-5-14-4-3-11-9(14)16/h7H,1-6,10H2,(H,11,16). The maximum atomic E-state index is 11.3. The highest BCUT2D eigenvalue weighted by molar-refractivity contribution is 5.76. The first kappa shape index (κ1) is 10.9. The van der Waals surface area contributed by atoms with Gasteiger partial charge in [0.05, 0.1) is 12.2 Å². The van der Waals surface area contributed by atoms with Crippen LogP contribution in [-0.2, 0) is 13.0 Å². The lowest BCUT2D eigenvalue weighted by Gasteiger charge is -2.12. The van der Waals surface area contributed by atoms with Crippen molar-refractivity contribution in [1.29, 1.82) is 0 Å². The van der Waals surface area contributed by atoms with Crippen LogP contribution in [0.25, 0.3) is 0 Å². The Bertz CT molecular complexity index is 363. The Morgan fingerprint density at radius 1 is 1.50 bits per heavy atom. The van der Waals surface area contributed by atoms with Crippen LogP contribution in [0.3, 0.4) is 0 Å². The van der Waals surface area contributed by atoms with Crippen LogP contribution in [0.5, 0.6) is 0 Å². The fourth-order valence-electron chi connectivity index (χ4n) is 1.66. The Balaban J connectivity index is 1.82. The molecule has 1 aromatic heterocycles. The third-order valence-corrected chi connectivity index (χ3v) is 2.53. The zero-order valence-electron chi connectivity index (χ0n) is 9.09. The zero-order valence-corrected chi connectivity index (χ0v) is 9.09. The molecule has 1 saturated heterocycles. The van der Waals surface area contributed by atoms with Crippen LogP contribution in [0.2, 0.25) is 0 Å². The second-order valence-corrected chi connectivity index (χ2v) is 3.73. The Labute approximate surface area is 93.6 Å². The number of nitrogens with one attached hydrogen (secondary N) is 1. The summed E-state index contributed by atoms with van der Waals surface area (Å²) in [5.41, 5.74) is 6.32. The molecule has 2 heterocycles. The summed E-state index contributed by atoms with van der Waals surface area (Å²) in [5.74, 6) is 0. The molecule has 3 N–H and O–H groups in total. The van der Waals surface area contributed by atoms with Crippen molar-refractivity contribution in [2.24, 2.45) is 5.73 Å². The summed E-state index contributed by atoms with van der Waals surface area (Å²) in [5, 5.41) is 10.7. The second-order valence-electron chi connectivity index (χ2n) is 3.73. The molecule has 2 rings (SSSR count). The summed E-state index contributed by atoms with van der Waals surface area (Å²) in [6, 6.07) is 0.00213. The Morgan fingerprint density at radius 2 is 2.38 bits per heavy atom. The smallest absolute Gasteiger partial charge is 0.317 e. The lowest BCUT2D eigenvalue weighted by atomic mass is 10.3. The van der Waals surface area contributed by atoms with E-state index in [1.54, 1.807) is 9.58 Å². The van der Waals surface area contributed by atoms with Crippen molar-refractivity contribution in [3.05, 3.63) is 11.9 Å². The van der Waals surface area contributed by atoms with Crippen LogP contribution >= 0.6 is 0 Å². The van der Waals surface area contributed by atoms with E-state index in [1.807, 2.05) is 6.20 Å². The van der Waals surface area contributed by atoms with Gasteiger partial charge in [-0.15, -0.1) is 5.10 Å². The molecule has 88 valence electrons. The van der Waals surface area contributed by atoms with Gasteiger partial charge < -0.3 is 16.0 Å². The maximum absolute atomic E-state index is 11.3. The molecule has 16 heavy (non-hydrogen) atoms. The highest BCUT2D eigenvalue weighted by Gasteiger charge is 2.18. The van der Waals surface area contributed by atoms with Gasteiger partial charge in [-0.05, 0) is 6.54 Å². The third-order valence-electron chi connectivity index (χ3n) is 2.53. The molecule has 1 aliphatic rings. The average molecular weight is 224 g/mol. The van der Waals surface area contributed by atoms with Crippen LogP contribution in [0.1, 0.15) is 5.69 Å². The van der Waals surface area contributed by atoms with Gasteiger partial charge in [0.1, 0.15) is 0 Å². The van der Waals surface area contributed by atoms with E-state index in [1.165, 1.54) is 0 Å². The van der Waals surface area contributed by atoms with Crippen LogP contribution in [0.15, 0.2) is 6.20 Å². The molecular weight excluding hydrogens is 208 g/mol. The largest absolute Gasteiger partial charge is 0.336 e. The number of carbonyl (C=O) groups excluding carboxylic acids is 1. The first-order valence-electron chi connectivity index (χ1n) is 5.41. The quantitative estimate of drug-likeness (QED) is 0.657. The van der Waals surface area contributed by atoms with E-state index in [0.29, 0.717) is 19.6 Å². The number of carbonyl (C=O) groups is 1. The molecular formula is C9H16N6O. The van der Waals surface area contributed by atoms with Gasteiger partial charge in [-0.25, -0.2) is 4.79 Å². The van der Waals surface area contributed by atoms with E-state index < -0.39 is 0 Å². The van der Waals surface area contributed by atoms with E-state index in [9.17, 15) is 4.79 Å². The van der Waals surface area contributed by atoms with Crippen molar-refractivity contribution in [1.82, 2.24) is 25.2 Å². The topological polar surface area (TPSA) is 89.1 Å². The van der Waals surface area contributed by atoms with Crippen molar-refractivity contribution in [2.45, 2.75) is 13.0 Å². The van der Waals surface area contributed by atoms with Gasteiger partial charge >= 0.3 is 6.03 Å². The van der Waals surface area contributed by atoms with Crippen molar-refractivity contribution in [2.75, 3.05) is 26.2 Å². The SMILES string of the molecule is NCCc1cn(CCN2CCNC2=O)nn1. The number of urea groups is 1. The van der Waals surface area contributed by atoms with Crippen molar-refractivity contribution >= 4 is 6.03 Å². The van der Waals surface area contributed by atoms with Crippen LogP contribution in [0.4, 0.5) is 4.79 Å². The monoisotopic (exact) mass is 224 g/mol. The molecule has 2 amide bonds. The second kappa shape index (κ2) is 4.93. The molecule has 0 atom stereocenters. The maximum Gasteiger partial charge on any atom is 0.317 e. The van der Waals surface area contributed by atoms with Gasteiger partial charge in [0.25, 0.3) is 0 Å². The molecule has 1 aliphatic heterocycles. The van der Waals surface area contributed by atoms with Gasteiger partial charge in [0.15, 0.2) is 0 Å².